The van der Waals surface area contributed by atoms with Crippen LogP contribution in [0.3, 0.4) is 0 Å². The maximum absolute atomic E-state index is 12.8. The van der Waals surface area contributed by atoms with Gasteiger partial charge >= 0.3 is 0 Å². The van der Waals surface area contributed by atoms with Gasteiger partial charge in [0.15, 0.2) is 0 Å². The number of hydrazine groups is 1. The molecule has 2 aromatic carbocycles. The number of hydrogen-bond donors (Lipinski definition) is 1. The summed E-state index contributed by atoms with van der Waals surface area (Å²) in [6, 6.07) is 12.7. The predicted octanol–water partition coefficient (Wildman–Crippen LogP) is 4.59. The summed E-state index contributed by atoms with van der Waals surface area (Å²) in [6.45, 7) is 3.88. The van der Waals surface area contributed by atoms with Crippen LogP contribution in [0.15, 0.2) is 58.5 Å². The fourth-order valence-electron chi connectivity index (χ4n) is 3.14. The number of aryl methyl sites for hydroxylation is 2. The number of benzene rings is 2. The summed E-state index contributed by atoms with van der Waals surface area (Å²) in [6.07, 6.45) is 1.35. The minimum absolute atomic E-state index is 0.0751. The molecule has 0 saturated carbocycles. The van der Waals surface area contributed by atoms with Crippen molar-refractivity contribution in [2.75, 3.05) is 5.01 Å². The number of nitro groups is 1. The molecule has 1 saturated heterocycles. The Bertz CT molecular complexity index is 1280. The lowest BCUT2D eigenvalue weighted by Crippen LogP contribution is -2.35. The predicted molar refractivity (Wildman–Crippen MR) is 115 cm³/mol. The van der Waals surface area contributed by atoms with Gasteiger partial charge in [-0.2, -0.15) is 0 Å². The van der Waals surface area contributed by atoms with Crippen LogP contribution in [0.5, 0.6) is 0 Å². The molecule has 0 unspecified atom stereocenters. The Morgan fingerprint density at radius 2 is 1.84 bits per heavy atom. The maximum atomic E-state index is 12.8. The van der Waals surface area contributed by atoms with Crippen molar-refractivity contribution in [2.45, 2.75) is 13.8 Å². The molecule has 156 valence electrons. The van der Waals surface area contributed by atoms with E-state index in [0.29, 0.717) is 17.0 Å². The number of amides is 2. The molecule has 0 atom stereocenters. The standard InChI is InChI=1S/C22H16ClN3O5/c1-12-3-4-14(9-13(12)2)25-22(28)18(21(27)24-25)11-16-6-8-20(31-16)17-7-5-15(26(29)30)10-19(17)23/h3-11H,1-2H3,(H,24,27)/b18-11-. The van der Waals surface area contributed by atoms with Crippen molar-refractivity contribution in [3.8, 4) is 11.3 Å². The Balaban J connectivity index is 1.62. The Morgan fingerprint density at radius 1 is 1.06 bits per heavy atom. The summed E-state index contributed by atoms with van der Waals surface area (Å²) in [5, 5.41) is 12.2. The molecular weight excluding hydrogens is 422 g/mol. The van der Waals surface area contributed by atoms with Gasteiger partial charge in [-0.1, -0.05) is 17.7 Å². The van der Waals surface area contributed by atoms with Crippen LogP contribution in [0.1, 0.15) is 16.9 Å². The Labute approximate surface area is 181 Å². The highest BCUT2D eigenvalue weighted by Crippen LogP contribution is 2.33. The van der Waals surface area contributed by atoms with E-state index < -0.39 is 16.7 Å². The number of carbonyl (C=O) groups excluding carboxylic acids is 2. The molecule has 4 rings (SSSR count). The highest BCUT2D eigenvalue weighted by molar-refractivity contribution is 6.33. The minimum atomic E-state index is -0.547. The van der Waals surface area contributed by atoms with Crippen LogP contribution in [0, 0.1) is 24.0 Å². The fraction of sp³-hybridized carbons (Fsp3) is 0.0909. The van der Waals surface area contributed by atoms with Crippen molar-refractivity contribution < 1.29 is 18.9 Å². The van der Waals surface area contributed by atoms with Gasteiger partial charge in [0.1, 0.15) is 17.1 Å². The van der Waals surface area contributed by atoms with E-state index in [1.807, 2.05) is 26.0 Å². The van der Waals surface area contributed by atoms with E-state index in [9.17, 15) is 19.7 Å². The number of hydrogen-bond acceptors (Lipinski definition) is 5. The first kappa shape index (κ1) is 20.4. The van der Waals surface area contributed by atoms with Crippen LogP contribution in [0.2, 0.25) is 5.02 Å². The molecule has 3 aromatic rings. The zero-order valence-electron chi connectivity index (χ0n) is 16.5. The summed E-state index contributed by atoms with van der Waals surface area (Å²) in [5.74, 6) is -0.428. The van der Waals surface area contributed by atoms with Gasteiger partial charge in [0.05, 0.1) is 15.6 Å². The minimum Gasteiger partial charge on any atom is -0.457 e. The molecule has 1 aromatic heterocycles. The molecule has 1 aliphatic rings. The van der Waals surface area contributed by atoms with Gasteiger partial charge in [0, 0.05) is 17.7 Å². The zero-order valence-corrected chi connectivity index (χ0v) is 17.3. The second-order valence-electron chi connectivity index (χ2n) is 7.03. The molecule has 8 nitrogen and oxygen atoms in total. The molecule has 0 aliphatic carbocycles. The summed E-state index contributed by atoms with van der Waals surface area (Å²) in [7, 11) is 0. The molecule has 0 radical (unpaired) electrons. The van der Waals surface area contributed by atoms with E-state index in [4.69, 9.17) is 16.0 Å². The maximum Gasteiger partial charge on any atom is 0.282 e. The lowest BCUT2D eigenvalue weighted by atomic mass is 10.1. The van der Waals surface area contributed by atoms with Crippen LogP contribution < -0.4 is 10.4 Å². The zero-order chi connectivity index (χ0) is 22.3. The van der Waals surface area contributed by atoms with E-state index in [1.54, 1.807) is 18.2 Å². The van der Waals surface area contributed by atoms with Gasteiger partial charge in [-0.25, -0.2) is 5.01 Å². The number of nitro benzene ring substituents is 1. The van der Waals surface area contributed by atoms with Gasteiger partial charge in [-0.15, -0.1) is 0 Å². The monoisotopic (exact) mass is 437 g/mol. The second kappa shape index (κ2) is 7.73. The van der Waals surface area contributed by atoms with Crippen molar-refractivity contribution in [1.29, 1.82) is 0 Å². The Morgan fingerprint density at radius 3 is 2.52 bits per heavy atom. The van der Waals surface area contributed by atoms with Crippen LogP contribution in [-0.2, 0) is 9.59 Å². The van der Waals surface area contributed by atoms with Gasteiger partial charge in [0.2, 0.25) is 0 Å². The van der Waals surface area contributed by atoms with Gasteiger partial charge in [0.25, 0.3) is 17.5 Å². The van der Waals surface area contributed by atoms with E-state index in [0.717, 1.165) is 11.1 Å². The number of furan rings is 1. The van der Waals surface area contributed by atoms with Crippen LogP contribution in [0.25, 0.3) is 17.4 Å². The van der Waals surface area contributed by atoms with Crippen LogP contribution >= 0.6 is 11.6 Å². The van der Waals surface area contributed by atoms with E-state index in [2.05, 4.69) is 5.43 Å². The molecule has 2 amide bonds. The van der Waals surface area contributed by atoms with Gasteiger partial charge in [-0.3, -0.25) is 25.1 Å². The molecule has 31 heavy (non-hydrogen) atoms. The molecule has 1 N–H and O–H groups in total. The van der Waals surface area contributed by atoms with Crippen molar-refractivity contribution in [3.05, 3.63) is 86.1 Å². The highest BCUT2D eigenvalue weighted by atomic mass is 35.5. The number of nitrogens with zero attached hydrogens (tertiary/aromatic N) is 2. The average molecular weight is 438 g/mol. The first-order chi connectivity index (χ1) is 14.7. The molecule has 1 fully saturated rings. The largest absolute Gasteiger partial charge is 0.457 e. The summed E-state index contributed by atoms with van der Waals surface area (Å²) in [4.78, 5) is 35.5. The number of halogens is 1. The normalized spacial score (nSPS) is 14.9. The Hall–Kier alpha value is -3.91. The van der Waals surface area contributed by atoms with Crippen molar-refractivity contribution in [1.82, 2.24) is 5.43 Å². The average Bonchev–Trinajstić information content (AvgIpc) is 3.30. The molecule has 2 heterocycles. The quantitative estimate of drug-likeness (QED) is 0.278. The van der Waals surface area contributed by atoms with E-state index in [1.165, 1.54) is 29.3 Å². The lowest BCUT2D eigenvalue weighted by molar-refractivity contribution is -0.384. The van der Waals surface area contributed by atoms with Crippen molar-refractivity contribution in [2.24, 2.45) is 0 Å². The van der Waals surface area contributed by atoms with E-state index in [-0.39, 0.29) is 22.0 Å². The first-order valence-electron chi connectivity index (χ1n) is 9.23. The molecule has 0 bridgehead atoms. The van der Waals surface area contributed by atoms with Crippen LogP contribution in [-0.4, -0.2) is 16.7 Å². The number of anilines is 1. The smallest absolute Gasteiger partial charge is 0.282 e. The molecule has 1 aliphatic heterocycles. The molecule has 9 heteroatoms. The summed E-state index contributed by atoms with van der Waals surface area (Å²) < 4.78 is 5.70. The van der Waals surface area contributed by atoms with Gasteiger partial charge < -0.3 is 4.42 Å². The number of nitrogens with one attached hydrogen (secondary N) is 1. The fourth-order valence-corrected chi connectivity index (χ4v) is 3.41. The highest BCUT2D eigenvalue weighted by Gasteiger charge is 2.35. The molecular formula is C22H16ClN3O5. The first-order valence-corrected chi connectivity index (χ1v) is 9.61. The topological polar surface area (TPSA) is 106 Å². The third-order valence-electron chi connectivity index (χ3n) is 4.98. The number of carbonyl (C=O) groups is 2. The third-order valence-corrected chi connectivity index (χ3v) is 5.30. The number of rotatable bonds is 4. The van der Waals surface area contributed by atoms with Crippen molar-refractivity contribution in [3.63, 3.8) is 0 Å². The van der Waals surface area contributed by atoms with Crippen molar-refractivity contribution >= 4 is 40.9 Å². The SMILES string of the molecule is Cc1ccc(N2NC(=O)/C(=C/c3ccc(-c4ccc([N+](=O)[O-])cc4Cl)o3)C2=O)cc1C. The van der Waals surface area contributed by atoms with Crippen LogP contribution in [0.4, 0.5) is 11.4 Å². The summed E-state index contributed by atoms with van der Waals surface area (Å²) >= 11 is 6.14. The van der Waals surface area contributed by atoms with Gasteiger partial charge in [-0.05, 0) is 61.4 Å². The van der Waals surface area contributed by atoms with E-state index >= 15 is 0 Å². The second-order valence-corrected chi connectivity index (χ2v) is 7.44. The lowest BCUT2D eigenvalue weighted by Gasteiger charge is -2.15. The number of non-ortho nitro benzene ring substituents is 1. The summed E-state index contributed by atoms with van der Waals surface area (Å²) in [5.41, 5.74) is 5.42. The Kier molecular flexibility index (Phi) is 5.08. The molecule has 0 spiro atoms. The third kappa shape index (κ3) is 3.80.